The zero-order chi connectivity index (χ0) is 31.6. The molecule has 0 saturated carbocycles. The van der Waals surface area contributed by atoms with Gasteiger partial charge in [-0.15, -0.1) is 0 Å². The maximum absolute atomic E-state index is 14.2. The number of carbonyl (C=O) groups excluding carboxylic acids is 2. The number of allylic oxidation sites excluding steroid dienone is 3. The highest BCUT2D eigenvalue weighted by atomic mass is 31.2. The van der Waals surface area contributed by atoms with Crippen LogP contribution in [0.2, 0.25) is 0 Å². The van der Waals surface area contributed by atoms with Crippen LogP contribution in [0.5, 0.6) is 5.75 Å². The number of nitro groups is 1. The number of esters is 2. The Balaban J connectivity index is 1.66. The zero-order valence-electron chi connectivity index (χ0n) is 24.9. The molecule has 0 saturated heterocycles. The second kappa shape index (κ2) is 15.5. The van der Waals surface area contributed by atoms with E-state index >= 15 is 0 Å². The number of nitrogens with zero attached hydrogens (tertiary/aromatic N) is 1. The van der Waals surface area contributed by atoms with E-state index in [1.807, 2.05) is 12.1 Å². The van der Waals surface area contributed by atoms with Crippen LogP contribution in [0.4, 0.5) is 5.69 Å². The topological polar surface area (TPSA) is 153 Å². The molecule has 0 aliphatic carbocycles. The van der Waals surface area contributed by atoms with Crippen molar-refractivity contribution in [2.24, 2.45) is 0 Å². The summed E-state index contributed by atoms with van der Waals surface area (Å²) in [5.74, 6) is -1.28. The largest absolute Gasteiger partial charge is 0.497 e. The number of ether oxygens (including phenoxy) is 3. The number of non-ortho nitro benzene ring substituents is 1. The summed E-state index contributed by atoms with van der Waals surface area (Å²) in [6.07, 6.45) is 1.82. The summed E-state index contributed by atoms with van der Waals surface area (Å²) in [5, 5.41) is 14.7. The predicted octanol–water partition coefficient (Wildman–Crippen LogP) is 6.13. The fourth-order valence-electron chi connectivity index (χ4n) is 4.78. The molecule has 13 heteroatoms. The lowest BCUT2D eigenvalue weighted by Crippen LogP contribution is -2.29. The third kappa shape index (κ3) is 8.53. The molecule has 0 bridgehead atoms. The smallest absolute Gasteiger partial charge is 0.359 e. The lowest BCUT2D eigenvalue weighted by atomic mass is 9.86. The first-order chi connectivity index (χ1) is 20.5. The molecule has 0 radical (unpaired) electrons. The van der Waals surface area contributed by atoms with Crippen LogP contribution < -0.4 is 10.1 Å². The van der Waals surface area contributed by atoms with Crippen LogP contribution >= 0.6 is 7.60 Å². The standard InChI is InChI=1S/C30H37N2O10P/c1-20-27(30(34)39-4)28(23-10-9-11-24(18-23)32(35)36)29(21(2)31-20)43(37,40-5)42-17-8-6-7-12-26(33)41-19-22-13-15-25(38-3)16-14-22/h9-11,13-16,18,28,31H,6-8,12,17,19H2,1-5H3. The minimum absolute atomic E-state index is 0.0424. The fraction of sp³-hybridized carbons (Fsp3) is 0.400. The summed E-state index contributed by atoms with van der Waals surface area (Å²) >= 11 is 0. The molecule has 0 amide bonds. The highest BCUT2D eigenvalue weighted by Gasteiger charge is 2.44. The number of nitro benzene ring substituents is 1. The van der Waals surface area contributed by atoms with Gasteiger partial charge in [0.2, 0.25) is 0 Å². The average Bonchev–Trinajstić information content (AvgIpc) is 3.01. The monoisotopic (exact) mass is 616 g/mol. The lowest BCUT2D eigenvalue weighted by molar-refractivity contribution is -0.384. The van der Waals surface area contributed by atoms with E-state index in [9.17, 15) is 24.3 Å². The van der Waals surface area contributed by atoms with Crippen LogP contribution in [0, 0.1) is 10.1 Å². The van der Waals surface area contributed by atoms with Crippen molar-refractivity contribution in [3.05, 3.63) is 92.1 Å². The summed E-state index contributed by atoms with van der Waals surface area (Å²) in [6, 6.07) is 13.0. The molecule has 1 aliphatic heterocycles. The number of benzene rings is 2. The van der Waals surface area contributed by atoms with Gasteiger partial charge in [-0.25, -0.2) is 4.79 Å². The van der Waals surface area contributed by atoms with Crippen molar-refractivity contribution >= 4 is 25.2 Å². The Kier molecular flexibility index (Phi) is 12.1. The molecule has 2 aromatic rings. The van der Waals surface area contributed by atoms with Gasteiger partial charge in [0.25, 0.3) is 5.69 Å². The molecule has 3 rings (SSSR count). The van der Waals surface area contributed by atoms with Gasteiger partial charge in [-0.2, -0.15) is 0 Å². The normalized spacial score (nSPS) is 16.3. The number of carbonyl (C=O) groups is 2. The molecule has 2 aromatic carbocycles. The Bertz CT molecular complexity index is 1430. The van der Waals surface area contributed by atoms with Gasteiger partial charge in [-0.1, -0.05) is 30.7 Å². The van der Waals surface area contributed by atoms with Crippen molar-refractivity contribution < 1.29 is 42.3 Å². The van der Waals surface area contributed by atoms with Crippen LogP contribution in [0.25, 0.3) is 0 Å². The lowest BCUT2D eigenvalue weighted by Gasteiger charge is -2.34. The average molecular weight is 617 g/mol. The van der Waals surface area contributed by atoms with Gasteiger partial charge in [0.15, 0.2) is 0 Å². The van der Waals surface area contributed by atoms with Gasteiger partial charge in [-0.3, -0.25) is 19.5 Å². The molecule has 43 heavy (non-hydrogen) atoms. The van der Waals surface area contributed by atoms with Crippen LogP contribution in [-0.4, -0.2) is 44.8 Å². The highest BCUT2D eigenvalue weighted by molar-refractivity contribution is 7.58. The summed E-state index contributed by atoms with van der Waals surface area (Å²) in [4.78, 5) is 36.0. The molecule has 1 aliphatic rings. The van der Waals surface area contributed by atoms with Gasteiger partial charge in [0.05, 0.1) is 42.6 Å². The van der Waals surface area contributed by atoms with E-state index < -0.39 is 24.4 Å². The van der Waals surface area contributed by atoms with Crippen LogP contribution in [-0.2, 0) is 39.3 Å². The highest BCUT2D eigenvalue weighted by Crippen LogP contribution is 2.63. The summed E-state index contributed by atoms with van der Waals surface area (Å²) in [6.45, 7) is 3.54. The minimum atomic E-state index is -4.02. The van der Waals surface area contributed by atoms with E-state index in [-0.39, 0.29) is 42.2 Å². The van der Waals surface area contributed by atoms with Crippen LogP contribution in [0.15, 0.2) is 70.8 Å². The zero-order valence-corrected chi connectivity index (χ0v) is 25.8. The van der Waals surface area contributed by atoms with E-state index in [2.05, 4.69) is 5.32 Å². The number of dihydropyridines is 1. The van der Waals surface area contributed by atoms with Gasteiger partial charge in [0, 0.05) is 37.1 Å². The number of nitrogens with one attached hydrogen (secondary N) is 1. The van der Waals surface area contributed by atoms with Gasteiger partial charge in [-0.05, 0) is 49.9 Å². The summed E-state index contributed by atoms with van der Waals surface area (Å²) in [5.41, 5.74) is 2.04. The first-order valence-corrected chi connectivity index (χ1v) is 15.2. The van der Waals surface area contributed by atoms with E-state index in [1.165, 1.54) is 32.4 Å². The van der Waals surface area contributed by atoms with Crippen molar-refractivity contribution in [3.63, 3.8) is 0 Å². The molecule has 232 valence electrons. The Morgan fingerprint density at radius 2 is 1.72 bits per heavy atom. The van der Waals surface area contributed by atoms with Crippen LogP contribution in [0.1, 0.15) is 56.6 Å². The first kappa shape index (κ1) is 33.5. The molecule has 2 atom stereocenters. The van der Waals surface area contributed by atoms with Gasteiger partial charge < -0.3 is 28.6 Å². The number of methoxy groups -OCH3 is 2. The number of unbranched alkanes of at least 4 members (excludes halogenated alkanes) is 2. The summed E-state index contributed by atoms with van der Waals surface area (Å²) < 4.78 is 40.9. The number of rotatable bonds is 15. The summed E-state index contributed by atoms with van der Waals surface area (Å²) in [7, 11) is 0.0242. The fourth-order valence-corrected chi connectivity index (χ4v) is 6.65. The second-order valence-corrected chi connectivity index (χ2v) is 11.9. The van der Waals surface area contributed by atoms with Gasteiger partial charge in [0.1, 0.15) is 12.4 Å². The number of hydrogen-bond acceptors (Lipinski definition) is 11. The van der Waals surface area contributed by atoms with Crippen molar-refractivity contribution in [1.29, 1.82) is 0 Å². The third-order valence-electron chi connectivity index (χ3n) is 6.93. The minimum Gasteiger partial charge on any atom is -0.497 e. The van der Waals surface area contributed by atoms with Crippen molar-refractivity contribution in [2.75, 3.05) is 27.9 Å². The number of hydrogen-bond donors (Lipinski definition) is 1. The molecule has 12 nitrogen and oxygen atoms in total. The van der Waals surface area contributed by atoms with Crippen LogP contribution in [0.3, 0.4) is 0 Å². The Labute approximate surface area is 250 Å². The molecule has 0 aromatic heterocycles. The van der Waals surface area contributed by atoms with E-state index in [0.717, 1.165) is 11.3 Å². The molecular weight excluding hydrogens is 579 g/mol. The van der Waals surface area contributed by atoms with E-state index in [0.29, 0.717) is 36.2 Å². The Morgan fingerprint density at radius 1 is 1.00 bits per heavy atom. The third-order valence-corrected chi connectivity index (χ3v) is 9.11. The Morgan fingerprint density at radius 3 is 2.35 bits per heavy atom. The maximum atomic E-state index is 14.2. The quantitative estimate of drug-likeness (QED) is 0.0808. The van der Waals surface area contributed by atoms with E-state index in [1.54, 1.807) is 39.2 Å². The van der Waals surface area contributed by atoms with Gasteiger partial charge >= 0.3 is 19.5 Å². The maximum Gasteiger partial charge on any atom is 0.359 e. The SMILES string of the molecule is COC(=O)C1=C(C)NC(C)=C(P(=O)(OC)OCCCCCC(=O)OCc2ccc(OC)cc2)C1c1cccc([N+](=O)[O-])c1. The predicted molar refractivity (Wildman–Crippen MR) is 158 cm³/mol. The molecule has 0 spiro atoms. The van der Waals surface area contributed by atoms with Crippen molar-refractivity contribution in [1.82, 2.24) is 5.32 Å². The molecule has 0 fully saturated rings. The molecule has 1 heterocycles. The first-order valence-electron chi connectivity index (χ1n) is 13.6. The molecule has 1 N–H and O–H groups in total. The van der Waals surface area contributed by atoms with Crippen molar-refractivity contribution in [3.8, 4) is 5.75 Å². The second-order valence-electron chi connectivity index (χ2n) is 9.78. The molecular formula is C30H37N2O10P. The Hall–Kier alpha value is -3.99. The van der Waals surface area contributed by atoms with E-state index in [4.69, 9.17) is 23.3 Å². The molecule has 2 unspecified atom stereocenters. The van der Waals surface area contributed by atoms with Crippen molar-refractivity contribution in [2.45, 2.75) is 52.1 Å².